The molecule has 1 fully saturated rings. The number of halogens is 1. The van der Waals surface area contributed by atoms with Gasteiger partial charge in [0.1, 0.15) is 0 Å². The number of carbonyl (C=O) groups is 2. The molecule has 0 radical (unpaired) electrons. The molecule has 46 heavy (non-hydrogen) atoms. The summed E-state index contributed by atoms with van der Waals surface area (Å²) in [5.41, 5.74) is 4.19. The molecule has 240 valence electrons. The fraction of sp³-hybridized carbons (Fsp3) is 0.314. The van der Waals surface area contributed by atoms with Gasteiger partial charge in [-0.05, 0) is 84.1 Å². The van der Waals surface area contributed by atoms with Crippen molar-refractivity contribution in [2.45, 2.75) is 32.0 Å². The van der Waals surface area contributed by atoms with Gasteiger partial charge in [0.15, 0.2) is 23.0 Å². The largest absolute Gasteiger partial charge is 0.504 e. The second kappa shape index (κ2) is 13.5. The van der Waals surface area contributed by atoms with Crippen molar-refractivity contribution in [3.63, 3.8) is 0 Å². The van der Waals surface area contributed by atoms with Crippen molar-refractivity contribution < 1.29 is 38.4 Å². The van der Waals surface area contributed by atoms with Crippen LogP contribution in [-0.2, 0) is 32.2 Å². The van der Waals surface area contributed by atoms with Gasteiger partial charge in [0.05, 0.1) is 38.5 Å². The molecule has 1 N–H and O–H groups in total. The van der Waals surface area contributed by atoms with Crippen LogP contribution < -0.4 is 14.2 Å². The Kier molecular flexibility index (Phi) is 9.23. The van der Waals surface area contributed by atoms with Crippen molar-refractivity contribution in [3.05, 3.63) is 98.2 Å². The first-order chi connectivity index (χ1) is 22.3. The van der Waals surface area contributed by atoms with Crippen LogP contribution in [0.3, 0.4) is 0 Å². The number of carbonyl (C=O) groups excluding carboxylic acids is 2. The average molecular weight is 692 g/mol. The van der Waals surface area contributed by atoms with Gasteiger partial charge in [-0.1, -0.05) is 40.2 Å². The highest BCUT2D eigenvalue weighted by Crippen LogP contribution is 2.43. The Morgan fingerprint density at radius 2 is 1.59 bits per heavy atom. The molecule has 0 spiro atoms. The number of phenols is 1. The maximum atomic E-state index is 13.3. The first kappa shape index (κ1) is 31.5. The molecule has 6 rings (SSSR count). The Bertz CT molecular complexity index is 1710. The van der Waals surface area contributed by atoms with Gasteiger partial charge in [0.25, 0.3) is 0 Å². The van der Waals surface area contributed by atoms with E-state index in [1.165, 1.54) is 45.8 Å². The molecular weight excluding hydrogens is 656 g/mol. The molecule has 3 aliphatic heterocycles. The molecule has 3 aromatic rings. The van der Waals surface area contributed by atoms with E-state index in [1.807, 2.05) is 17.0 Å². The molecule has 0 aliphatic carbocycles. The number of likely N-dealkylation sites (tertiary alicyclic amines) is 1. The van der Waals surface area contributed by atoms with E-state index in [-0.39, 0.29) is 36.0 Å². The molecule has 0 aromatic heterocycles. The van der Waals surface area contributed by atoms with Crippen LogP contribution in [0.1, 0.15) is 46.7 Å². The molecule has 3 aliphatic rings. The van der Waals surface area contributed by atoms with Gasteiger partial charge in [-0.15, -0.1) is 0 Å². The van der Waals surface area contributed by atoms with Crippen LogP contribution in [0.5, 0.6) is 23.0 Å². The minimum atomic E-state index is -0.730. The zero-order valence-electron chi connectivity index (χ0n) is 25.9. The minimum Gasteiger partial charge on any atom is -0.504 e. The highest BCUT2D eigenvalue weighted by molar-refractivity contribution is 9.10. The summed E-state index contributed by atoms with van der Waals surface area (Å²) >= 11 is 3.69. The third kappa shape index (κ3) is 6.29. The van der Waals surface area contributed by atoms with Gasteiger partial charge in [0, 0.05) is 23.8 Å². The van der Waals surface area contributed by atoms with Crippen LogP contribution in [0, 0.1) is 0 Å². The van der Waals surface area contributed by atoms with E-state index < -0.39 is 18.0 Å². The zero-order chi connectivity index (χ0) is 32.4. The zero-order valence-corrected chi connectivity index (χ0v) is 27.5. The lowest BCUT2D eigenvalue weighted by Gasteiger charge is -2.35. The lowest BCUT2D eigenvalue weighted by atomic mass is 9.88. The highest BCUT2D eigenvalue weighted by Gasteiger charge is 2.33. The maximum absolute atomic E-state index is 13.3. The van der Waals surface area contributed by atoms with Crippen molar-refractivity contribution in [2.24, 2.45) is 0 Å². The Morgan fingerprint density at radius 3 is 2.26 bits per heavy atom. The summed E-state index contributed by atoms with van der Waals surface area (Å²) in [5, 5.41) is 10.9. The summed E-state index contributed by atoms with van der Waals surface area (Å²) in [4.78, 5) is 30.9. The van der Waals surface area contributed by atoms with Crippen molar-refractivity contribution >= 4 is 33.9 Å². The molecule has 1 atom stereocenters. The topological polar surface area (TPSA) is 107 Å². The Labute approximate surface area is 275 Å². The lowest BCUT2D eigenvalue weighted by molar-refractivity contribution is -0.139. The van der Waals surface area contributed by atoms with Gasteiger partial charge in [-0.3, -0.25) is 4.90 Å². The van der Waals surface area contributed by atoms with Gasteiger partial charge >= 0.3 is 11.9 Å². The van der Waals surface area contributed by atoms with Crippen LogP contribution >= 0.6 is 15.9 Å². The minimum absolute atomic E-state index is 0.00262. The van der Waals surface area contributed by atoms with Crippen molar-refractivity contribution in [1.29, 1.82) is 0 Å². The standard InChI is InChI=1S/C35H35BrN2O8/c1-42-30-15-25-23(13-29(30)39)12-26(34(40)43-2)27(35(41)44-3)19-38(18-24-14-31-32(16-28(24)36)46-20-45-31)33(25)22-8-6-21(7-9-22)17-37-10-4-5-11-37/h6-9,12-16,19,33,39H,4-5,10-11,17-18,20H2,1-3H3. The fourth-order valence-electron chi connectivity index (χ4n) is 6.19. The van der Waals surface area contributed by atoms with Crippen LogP contribution in [0.25, 0.3) is 6.08 Å². The van der Waals surface area contributed by atoms with Gasteiger partial charge in [-0.25, -0.2) is 9.59 Å². The molecule has 0 amide bonds. The molecule has 1 saturated heterocycles. The van der Waals surface area contributed by atoms with Crippen LogP contribution in [-0.4, -0.2) is 68.1 Å². The number of hydrogen-bond acceptors (Lipinski definition) is 10. The van der Waals surface area contributed by atoms with E-state index in [0.29, 0.717) is 17.1 Å². The second-order valence-corrected chi connectivity index (χ2v) is 12.2. The van der Waals surface area contributed by atoms with Gasteiger partial charge in [-0.2, -0.15) is 0 Å². The van der Waals surface area contributed by atoms with Gasteiger partial charge in [0.2, 0.25) is 6.79 Å². The van der Waals surface area contributed by atoms with Gasteiger partial charge < -0.3 is 33.7 Å². The smallest absolute Gasteiger partial charge is 0.340 e. The summed E-state index contributed by atoms with van der Waals surface area (Å²) < 4.78 is 27.8. The first-order valence-electron chi connectivity index (χ1n) is 15.0. The molecule has 1 unspecified atom stereocenters. The molecule has 10 nitrogen and oxygen atoms in total. The fourth-order valence-corrected chi connectivity index (χ4v) is 6.64. The molecular formula is C35H35BrN2O8. The Morgan fingerprint density at radius 1 is 0.913 bits per heavy atom. The summed E-state index contributed by atoms with van der Waals surface area (Å²) in [5.74, 6) is -0.0627. The van der Waals surface area contributed by atoms with E-state index in [2.05, 4.69) is 45.1 Å². The Balaban J connectivity index is 1.56. The van der Waals surface area contributed by atoms with Crippen molar-refractivity contribution in [3.8, 4) is 23.0 Å². The molecule has 3 aromatic carbocycles. The number of esters is 2. The predicted octanol–water partition coefficient (Wildman–Crippen LogP) is 5.71. The predicted molar refractivity (Wildman–Crippen MR) is 173 cm³/mol. The number of rotatable bonds is 8. The SMILES string of the molecule is COC(=O)C1=Cc2cc(O)c(OC)cc2C(c2ccc(CN3CCCC3)cc2)N(Cc2cc3c(cc2Br)OCO3)C=C1C(=O)OC. The number of ether oxygens (including phenoxy) is 5. The normalized spacial score (nSPS) is 17.4. The van der Waals surface area contributed by atoms with E-state index >= 15 is 0 Å². The number of fused-ring (bicyclic) bond motifs is 2. The lowest BCUT2D eigenvalue weighted by Crippen LogP contribution is -2.29. The van der Waals surface area contributed by atoms with Crippen LogP contribution in [0.2, 0.25) is 0 Å². The summed E-state index contributed by atoms with van der Waals surface area (Å²) in [6.07, 6.45) is 5.61. The molecule has 0 saturated carbocycles. The molecule has 3 heterocycles. The summed E-state index contributed by atoms with van der Waals surface area (Å²) in [6, 6.07) is 14.9. The number of phenolic OH excluding ortho intramolecular Hbond substituents is 1. The number of hydrogen-bond donors (Lipinski definition) is 1. The van der Waals surface area contributed by atoms with E-state index in [4.69, 9.17) is 23.7 Å². The summed E-state index contributed by atoms with van der Waals surface area (Å²) in [6.45, 7) is 3.45. The third-order valence-electron chi connectivity index (χ3n) is 8.50. The Hall–Kier alpha value is -4.48. The first-order valence-corrected chi connectivity index (χ1v) is 15.7. The van der Waals surface area contributed by atoms with E-state index in [1.54, 1.807) is 18.3 Å². The van der Waals surface area contributed by atoms with Crippen LogP contribution in [0.15, 0.2) is 70.3 Å². The van der Waals surface area contributed by atoms with Crippen molar-refractivity contribution in [2.75, 3.05) is 41.2 Å². The number of benzene rings is 3. The maximum Gasteiger partial charge on any atom is 0.340 e. The number of aromatic hydroxyl groups is 1. The van der Waals surface area contributed by atoms with Crippen molar-refractivity contribution in [1.82, 2.24) is 9.80 Å². The summed E-state index contributed by atoms with van der Waals surface area (Å²) in [7, 11) is 3.99. The monoisotopic (exact) mass is 690 g/mol. The molecule has 0 bridgehead atoms. The van der Waals surface area contributed by atoms with Crippen LogP contribution in [0.4, 0.5) is 0 Å². The number of methoxy groups -OCH3 is 3. The van der Waals surface area contributed by atoms with E-state index in [9.17, 15) is 14.7 Å². The second-order valence-electron chi connectivity index (χ2n) is 11.3. The average Bonchev–Trinajstić information content (AvgIpc) is 3.74. The molecule has 11 heteroatoms. The third-order valence-corrected chi connectivity index (χ3v) is 9.24. The van der Waals surface area contributed by atoms with E-state index in [0.717, 1.165) is 40.8 Å². The highest BCUT2D eigenvalue weighted by atomic mass is 79.9. The number of nitrogens with zero attached hydrogens (tertiary/aromatic N) is 2. The quantitative estimate of drug-likeness (QED) is 0.296.